The van der Waals surface area contributed by atoms with Crippen LogP contribution in [0, 0.1) is 0 Å². The summed E-state index contributed by atoms with van der Waals surface area (Å²) in [7, 11) is 0. The smallest absolute Gasteiger partial charge is 0.235 e. The molecule has 4 heteroatoms. The molecule has 0 amide bonds. The number of fused-ring (bicyclic) bond motifs is 1. The summed E-state index contributed by atoms with van der Waals surface area (Å²) in [5.41, 5.74) is 1.81. The van der Waals surface area contributed by atoms with Crippen LogP contribution in [-0.2, 0) is 4.74 Å². The number of pyridine rings is 1. The first kappa shape index (κ1) is 11.0. The summed E-state index contributed by atoms with van der Waals surface area (Å²) in [5, 5.41) is 1.14. The number of hydrogen-bond acceptors (Lipinski definition) is 3. The molecule has 1 unspecified atom stereocenters. The molecule has 1 aliphatic rings. The van der Waals surface area contributed by atoms with E-state index < -0.39 is 0 Å². The number of ether oxygens (including phenoxy) is 1. The van der Waals surface area contributed by atoms with E-state index in [9.17, 15) is 0 Å². The maximum absolute atomic E-state index is 5.73. The largest absolute Gasteiger partial charge is 0.470 e. The number of aromatic nitrogens is 1. The second-order valence-electron chi connectivity index (χ2n) is 3.93. The Balaban J connectivity index is 1.96. The fourth-order valence-electron chi connectivity index (χ4n) is 1.82. The van der Waals surface area contributed by atoms with Gasteiger partial charge in [0.2, 0.25) is 5.90 Å². The van der Waals surface area contributed by atoms with Crippen molar-refractivity contribution >= 4 is 39.4 Å². The highest BCUT2D eigenvalue weighted by atomic mass is 127. The molecule has 1 aliphatic heterocycles. The van der Waals surface area contributed by atoms with Crippen molar-refractivity contribution in [3.8, 4) is 0 Å². The first-order valence-corrected chi connectivity index (χ1v) is 7.02. The zero-order chi connectivity index (χ0) is 11.7. The first-order chi connectivity index (χ1) is 8.36. The lowest BCUT2D eigenvalue weighted by Crippen LogP contribution is -2.15. The van der Waals surface area contributed by atoms with Gasteiger partial charge >= 0.3 is 0 Å². The third-order valence-electron chi connectivity index (χ3n) is 2.71. The Bertz CT molecular complexity index is 582. The molecule has 0 fully saturated rings. The number of hydrogen-bond donors (Lipinski definition) is 0. The van der Waals surface area contributed by atoms with Crippen molar-refractivity contribution in [3.05, 3.63) is 42.1 Å². The summed E-state index contributed by atoms with van der Waals surface area (Å²) in [4.78, 5) is 8.96. The number of para-hydroxylation sites is 1. The van der Waals surface area contributed by atoms with Gasteiger partial charge in [-0.1, -0.05) is 46.9 Å². The predicted molar refractivity (Wildman–Crippen MR) is 76.9 cm³/mol. The van der Waals surface area contributed by atoms with Gasteiger partial charge in [-0.05, 0) is 12.1 Å². The summed E-state index contributed by atoms with van der Waals surface area (Å²) in [6, 6.07) is 12.1. The summed E-state index contributed by atoms with van der Waals surface area (Å²) < 4.78 is 6.68. The maximum atomic E-state index is 5.73. The van der Waals surface area contributed by atoms with E-state index in [0.717, 1.165) is 27.6 Å². The van der Waals surface area contributed by atoms with E-state index in [-0.39, 0.29) is 6.10 Å². The Morgan fingerprint density at radius 2 is 2.12 bits per heavy atom. The lowest BCUT2D eigenvalue weighted by atomic mass is 10.2. The van der Waals surface area contributed by atoms with Gasteiger partial charge in [-0.15, -0.1) is 0 Å². The molecular formula is C13H11IN2O. The second-order valence-corrected chi connectivity index (χ2v) is 4.81. The van der Waals surface area contributed by atoms with E-state index in [0.29, 0.717) is 5.90 Å². The molecule has 3 nitrogen and oxygen atoms in total. The first-order valence-electron chi connectivity index (χ1n) is 5.50. The van der Waals surface area contributed by atoms with E-state index in [4.69, 9.17) is 4.74 Å². The third-order valence-corrected chi connectivity index (χ3v) is 3.69. The third kappa shape index (κ3) is 2.13. The average molecular weight is 338 g/mol. The predicted octanol–water partition coefficient (Wildman–Crippen LogP) is 2.82. The van der Waals surface area contributed by atoms with Crippen molar-refractivity contribution < 1.29 is 4.74 Å². The highest BCUT2D eigenvalue weighted by Crippen LogP contribution is 2.16. The van der Waals surface area contributed by atoms with E-state index in [1.807, 2.05) is 24.3 Å². The molecule has 3 rings (SSSR count). The van der Waals surface area contributed by atoms with Crippen molar-refractivity contribution in [2.24, 2.45) is 4.99 Å². The quantitative estimate of drug-likeness (QED) is 0.623. The van der Waals surface area contributed by atoms with E-state index in [1.54, 1.807) is 0 Å². The van der Waals surface area contributed by atoms with Crippen LogP contribution in [0.1, 0.15) is 5.69 Å². The molecule has 0 aliphatic carbocycles. The van der Waals surface area contributed by atoms with Gasteiger partial charge in [-0.25, -0.2) is 9.98 Å². The van der Waals surface area contributed by atoms with Crippen LogP contribution in [0.2, 0.25) is 0 Å². The zero-order valence-corrected chi connectivity index (χ0v) is 11.3. The van der Waals surface area contributed by atoms with E-state index in [2.05, 4.69) is 44.7 Å². The van der Waals surface area contributed by atoms with Gasteiger partial charge < -0.3 is 4.74 Å². The fraction of sp³-hybridized carbons (Fsp3) is 0.231. The number of alkyl halides is 1. The number of aliphatic imine (C=N–C) groups is 1. The molecule has 2 heterocycles. The zero-order valence-electron chi connectivity index (χ0n) is 9.14. The van der Waals surface area contributed by atoms with Gasteiger partial charge in [0, 0.05) is 9.81 Å². The van der Waals surface area contributed by atoms with Crippen LogP contribution in [-0.4, -0.2) is 28.0 Å². The monoisotopic (exact) mass is 338 g/mol. The van der Waals surface area contributed by atoms with Crippen LogP contribution in [0.3, 0.4) is 0 Å². The highest BCUT2D eigenvalue weighted by molar-refractivity contribution is 14.1. The van der Waals surface area contributed by atoms with Gasteiger partial charge in [0.25, 0.3) is 0 Å². The molecule has 17 heavy (non-hydrogen) atoms. The normalized spacial score (nSPS) is 19.1. The minimum Gasteiger partial charge on any atom is -0.470 e. The Hall–Kier alpha value is -1.17. The van der Waals surface area contributed by atoms with Gasteiger partial charge in [0.15, 0.2) is 0 Å². The molecule has 86 valence electrons. The fourth-order valence-corrected chi connectivity index (χ4v) is 2.28. The number of benzene rings is 1. The number of rotatable bonds is 2. The lowest BCUT2D eigenvalue weighted by Gasteiger charge is -2.07. The van der Waals surface area contributed by atoms with Crippen molar-refractivity contribution in [2.45, 2.75) is 6.10 Å². The second kappa shape index (κ2) is 4.60. The molecule has 1 aromatic carbocycles. The number of nitrogens with zero attached hydrogens (tertiary/aromatic N) is 2. The van der Waals surface area contributed by atoms with Crippen molar-refractivity contribution in [3.63, 3.8) is 0 Å². The van der Waals surface area contributed by atoms with Crippen molar-refractivity contribution in [1.29, 1.82) is 0 Å². The minimum absolute atomic E-state index is 0.207. The minimum atomic E-state index is 0.207. The van der Waals surface area contributed by atoms with Crippen molar-refractivity contribution in [2.75, 3.05) is 11.0 Å². The summed E-state index contributed by atoms with van der Waals surface area (Å²) in [6.07, 6.45) is 0.207. The van der Waals surface area contributed by atoms with Gasteiger partial charge in [-0.3, -0.25) is 0 Å². The van der Waals surface area contributed by atoms with E-state index in [1.165, 1.54) is 0 Å². The van der Waals surface area contributed by atoms with Gasteiger partial charge in [-0.2, -0.15) is 0 Å². The van der Waals surface area contributed by atoms with Crippen LogP contribution in [0.4, 0.5) is 0 Å². The molecule has 0 spiro atoms. The molecular weight excluding hydrogens is 327 g/mol. The SMILES string of the molecule is ICC1CN=C(c2ccc3ccccc3n2)O1. The van der Waals surface area contributed by atoms with E-state index >= 15 is 0 Å². The molecule has 1 atom stereocenters. The molecule has 1 aromatic heterocycles. The summed E-state index contributed by atoms with van der Waals surface area (Å²) in [5.74, 6) is 0.678. The maximum Gasteiger partial charge on any atom is 0.235 e. The van der Waals surface area contributed by atoms with Gasteiger partial charge in [0.1, 0.15) is 11.8 Å². The molecule has 0 saturated carbocycles. The Kier molecular flexibility index (Phi) is 2.96. The standard InChI is InChI=1S/C13H11IN2O/c14-7-10-8-15-13(17-10)12-6-5-9-3-1-2-4-11(9)16-12/h1-6,10H,7-8H2. The molecule has 0 bridgehead atoms. The topological polar surface area (TPSA) is 34.5 Å². The Morgan fingerprint density at radius 3 is 2.94 bits per heavy atom. The number of halogens is 1. The molecule has 2 aromatic rings. The highest BCUT2D eigenvalue weighted by Gasteiger charge is 2.20. The lowest BCUT2D eigenvalue weighted by molar-refractivity contribution is 0.253. The Morgan fingerprint density at radius 1 is 1.24 bits per heavy atom. The molecule has 0 N–H and O–H groups in total. The average Bonchev–Trinajstić information content (AvgIpc) is 2.87. The van der Waals surface area contributed by atoms with Crippen molar-refractivity contribution in [1.82, 2.24) is 4.98 Å². The van der Waals surface area contributed by atoms with Crippen LogP contribution in [0.5, 0.6) is 0 Å². The van der Waals surface area contributed by atoms with Gasteiger partial charge in [0.05, 0.1) is 12.1 Å². The van der Waals surface area contributed by atoms with Crippen LogP contribution in [0.25, 0.3) is 10.9 Å². The molecule has 0 saturated heterocycles. The van der Waals surface area contributed by atoms with Crippen LogP contribution in [0.15, 0.2) is 41.4 Å². The van der Waals surface area contributed by atoms with Crippen LogP contribution < -0.4 is 0 Å². The Labute approximate surface area is 113 Å². The van der Waals surface area contributed by atoms with Crippen LogP contribution >= 0.6 is 22.6 Å². The summed E-state index contributed by atoms with van der Waals surface area (Å²) in [6.45, 7) is 0.743. The summed E-state index contributed by atoms with van der Waals surface area (Å²) >= 11 is 2.31. The molecule has 0 radical (unpaired) electrons.